The number of carboxylic acids is 1. The van der Waals surface area contributed by atoms with Crippen LogP contribution in [-0.4, -0.2) is 41.1 Å². The summed E-state index contributed by atoms with van der Waals surface area (Å²) >= 11 is 0. The number of piperidine rings is 1. The minimum Gasteiger partial charge on any atom is -0.478 e. The molecular weight excluding hydrogens is 252 g/mol. The van der Waals surface area contributed by atoms with Gasteiger partial charge in [-0.3, -0.25) is 4.90 Å². The molecule has 3 rings (SSSR count). The number of rotatable bonds is 3. The SMILES string of the molecule is Cc1cccc(C(=O)O)c1NC1CCN2CCCCC12. The summed E-state index contributed by atoms with van der Waals surface area (Å²) in [5.74, 6) is -0.852. The average molecular weight is 274 g/mol. The Morgan fingerprint density at radius 3 is 2.95 bits per heavy atom. The quantitative estimate of drug-likeness (QED) is 0.890. The fraction of sp³-hybridized carbons (Fsp3) is 0.562. The molecule has 2 unspecified atom stereocenters. The zero-order chi connectivity index (χ0) is 14.1. The van der Waals surface area contributed by atoms with Crippen LogP contribution in [0, 0.1) is 6.92 Å². The Hall–Kier alpha value is -1.55. The van der Waals surface area contributed by atoms with Crippen molar-refractivity contribution in [2.24, 2.45) is 0 Å². The number of hydrogen-bond donors (Lipinski definition) is 2. The largest absolute Gasteiger partial charge is 0.478 e. The van der Waals surface area contributed by atoms with Crippen molar-refractivity contribution in [3.63, 3.8) is 0 Å². The fourth-order valence-corrected chi connectivity index (χ4v) is 3.64. The molecule has 4 nitrogen and oxygen atoms in total. The van der Waals surface area contributed by atoms with Crippen molar-refractivity contribution in [1.82, 2.24) is 4.90 Å². The van der Waals surface area contributed by atoms with E-state index in [9.17, 15) is 9.90 Å². The van der Waals surface area contributed by atoms with Crippen LogP contribution in [0.3, 0.4) is 0 Å². The number of benzene rings is 1. The molecule has 0 radical (unpaired) electrons. The molecule has 0 aromatic heterocycles. The molecule has 20 heavy (non-hydrogen) atoms. The van der Waals surface area contributed by atoms with Crippen molar-refractivity contribution in [2.75, 3.05) is 18.4 Å². The Balaban J connectivity index is 1.83. The van der Waals surface area contributed by atoms with E-state index in [1.54, 1.807) is 6.07 Å². The maximum Gasteiger partial charge on any atom is 0.337 e. The molecule has 1 aromatic carbocycles. The second-order valence-electron chi connectivity index (χ2n) is 5.94. The third-order valence-electron chi connectivity index (χ3n) is 4.69. The number of fused-ring (bicyclic) bond motifs is 1. The van der Waals surface area contributed by atoms with Crippen molar-refractivity contribution in [3.05, 3.63) is 29.3 Å². The first-order valence-electron chi connectivity index (χ1n) is 7.50. The van der Waals surface area contributed by atoms with Crippen LogP contribution in [0.15, 0.2) is 18.2 Å². The highest BCUT2D eigenvalue weighted by Crippen LogP contribution is 2.31. The van der Waals surface area contributed by atoms with Crippen molar-refractivity contribution in [2.45, 2.75) is 44.7 Å². The Morgan fingerprint density at radius 1 is 1.30 bits per heavy atom. The minimum absolute atomic E-state index is 0.384. The summed E-state index contributed by atoms with van der Waals surface area (Å²) in [4.78, 5) is 13.9. The lowest BCUT2D eigenvalue weighted by Gasteiger charge is -2.33. The van der Waals surface area contributed by atoms with Crippen LogP contribution < -0.4 is 5.32 Å². The monoisotopic (exact) mass is 274 g/mol. The van der Waals surface area contributed by atoms with Gasteiger partial charge in [-0.25, -0.2) is 4.79 Å². The topological polar surface area (TPSA) is 52.6 Å². The highest BCUT2D eigenvalue weighted by atomic mass is 16.4. The van der Waals surface area contributed by atoms with Gasteiger partial charge < -0.3 is 10.4 Å². The maximum atomic E-state index is 11.4. The molecule has 2 saturated heterocycles. The Labute approximate surface area is 119 Å². The van der Waals surface area contributed by atoms with E-state index in [0.717, 1.165) is 24.2 Å². The third-order valence-corrected chi connectivity index (χ3v) is 4.69. The zero-order valence-electron chi connectivity index (χ0n) is 11.9. The van der Waals surface area contributed by atoms with Gasteiger partial charge in [-0.2, -0.15) is 0 Å². The first-order valence-corrected chi connectivity index (χ1v) is 7.50. The molecule has 2 atom stereocenters. The van der Waals surface area contributed by atoms with Gasteiger partial charge in [0.25, 0.3) is 0 Å². The highest BCUT2D eigenvalue weighted by molar-refractivity contribution is 5.95. The summed E-state index contributed by atoms with van der Waals surface area (Å²) < 4.78 is 0. The summed E-state index contributed by atoms with van der Waals surface area (Å²) in [5, 5.41) is 12.9. The second kappa shape index (κ2) is 5.44. The second-order valence-corrected chi connectivity index (χ2v) is 5.94. The standard InChI is InChI=1S/C16H22N2O2/c1-11-5-4-6-12(16(19)20)15(11)17-13-8-10-18-9-3-2-7-14(13)18/h4-6,13-14,17H,2-3,7-10H2,1H3,(H,19,20). The van der Waals surface area contributed by atoms with Gasteiger partial charge in [0.15, 0.2) is 0 Å². The van der Waals surface area contributed by atoms with E-state index in [0.29, 0.717) is 17.6 Å². The molecule has 0 aliphatic carbocycles. The number of anilines is 1. The number of nitrogens with one attached hydrogen (secondary N) is 1. The van der Waals surface area contributed by atoms with Crippen LogP contribution in [0.4, 0.5) is 5.69 Å². The predicted molar refractivity (Wildman–Crippen MR) is 79.4 cm³/mol. The zero-order valence-corrected chi connectivity index (χ0v) is 11.9. The van der Waals surface area contributed by atoms with Crippen LogP contribution in [0.25, 0.3) is 0 Å². The number of carboxylic acid groups (broad SMARTS) is 1. The number of aryl methyl sites for hydroxylation is 1. The van der Waals surface area contributed by atoms with Crippen molar-refractivity contribution in [3.8, 4) is 0 Å². The third kappa shape index (κ3) is 2.40. The Bertz CT molecular complexity index is 515. The lowest BCUT2D eigenvalue weighted by molar-refractivity contribution is 0.0697. The highest BCUT2D eigenvalue weighted by Gasteiger charge is 2.35. The molecule has 2 N–H and O–H groups in total. The molecule has 1 aromatic rings. The number of carbonyl (C=O) groups is 1. The van der Waals surface area contributed by atoms with E-state index < -0.39 is 5.97 Å². The lowest BCUT2D eigenvalue weighted by atomic mass is 9.98. The maximum absolute atomic E-state index is 11.4. The van der Waals surface area contributed by atoms with Crippen LogP contribution in [0.5, 0.6) is 0 Å². The van der Waals surface area contributed by atoms with E-state index in [2.05, 4.69) is 10.2 Å². The summed E-state index contributed by atoms with van der Waals surface area (Å²) in [5.41, 5.74) is 2.20. The molecule has 2 aliphatic heterocycles. The molecule has 2 aliphatic rings. The number of nitrogens with zero attached hydrogens (tertiary/aromatic N) is 1. The van der Waals surface area contributed by atoms with Gasteiger partial charge in [0.2, 0.25) is 0 Å². The molecule has 2 fully saturated rings. The average Bonchev–Trinajstić information content (AvgIpc) is 2.84. The summed E-state index contributed by atoms with van der Waals surface area (Å²) in [7, 11) is 0. The van der Waals surface area contributed by atoms with Crippen molar-refractivity contribution < 1.29 is 9.90 Å². The smallest absolute Gasteiger partial charge is 0.337 e. The molecule has 108 valence electrons. The molecule has 0 bridgehead atoms. The molecule has 2 heterocycles. The molecule has 0 saturated carbocycles. The molecule has 0 amide bonds. The van der Waals surface area contributed by atoms with Crippen LogP contribution in [0.1, 0.15) is 41.6 Å². The molecular formula is C16H22N2O2. The van der Waals surface area contributed by atoms with Crippen LogP contribution in [0.2, 0.25) is 0 Å². The Kier molecular flexibility index (Phi) is 3.66. The molecule has 0 spiro atoms. The first kappa shape index (κ1) is 13.4. The fourth-order valence-electron chi connectivity index (χ4n) is 3.64. The van der Waals surface area contributed by atoms with Gasteiger partial charge in [0.05, 0.1) is 11.3 Å². The summed E-state index contributed by atoms with van der Waals surface area (Å²) in [6, 6.07) is 6.43. The van der Waals surface area contributed by atoms with Gasteiger partial charge in [0.1, 0.15) is 0 Å². The van der Waals surface area contributed by atoms with Gasteiger partial charge >= 0.3 is 5.97 Å². The van der Waals surface area contributed by atoms with Crippen molar-refractivity contribution in [1.29, 1.82) is 0 Å². The minimum atomic E-state index is -0.852. The van der Waals surface area contributed by atoms with Crippen LogP contribution in [-0.2, 0) is 0 Å². The normalized spacial score (nSPS) is 26.2. The molecule has 4 heteroatoms. The number of aromatic carboxylic acids is 1. The van der Waals surface area contributed by atoms with E-state index in [-0.39, 0.29) is 0 Å². The Morgan fingerprint density at radius 2 is 2.15 bits per heavy atom. The number of hydrogen-bond acceptors (Lipinski definition) is 3. The van der Waals surface area contributed by atoms with Gasteiger partial charge in [-0.15, -0.1) is 0 Å². The van der Waals surface area contributed by atoms with Gasteiger partial charge in [-0.05, 0) is 44.4 Å². The van der Waals surface area contributed by atoms with Crippen molar-refractivity contribution >= 4 is 11.7 Å². The number of para-hydroxylation sites is 1. The van der Waals surface area contributed by atoms with E-state index in [1.807, 2.05) is 19.1 Å². The van der Waals surface area contributed by atoms with Gasteiger partial charge in [0, 0.05) is 18.6 Å². The summed E-state index contributed by atoms with van der Waals surface area (Å²) in [6.45, 7) is 4.31. The summed E-state index contributed by atoms with van der Waals surface area (Å²) in [6.07, 6.45) is 4.93. The van der Waals surface area contributed by atoms with Gasteiger partial charge in [-0.1, -0.05) is 18.6 Å². The predicted octanol–water partition coefficient (Wildman–Crippen LogP) is 2.73. The van der Waals surface area contributed by atoms with E-state index >= 15 is 0 Å². The van der Waals surface area contributed by atoms with Crippen LogP contribution >= 0.6 is 0 Å². The van der Waals surface area contributed by atoms with E-state index in [4.69, 9.17) is 0 Å². The lowest BCUT2D eigenvalue weighted by Crippen LogP contribution is -2.42. The first-order chi connectivity index (χ1) is 9.66. The van der Waals surface area contributed by atoms with E-state index in [1.165, 1.54) is 25.8 Å².